The number of nitrogens with one attached hydrogen (secondary N) is 2. The van der Waals surface area contributed by atoms with Crippen molar-refractivity contribution in [2.45, 2.75) is 64.0 Å². The molecule has 2 aliphatic rings. The molecule has 1 aromatic carbocycles. The maximum absolute atomic E-state index is 13.0. The maximum Gasteiger partial charge on any atom is 0.325 e. The topological polar surface area (TPSA) is 95.6 Å². The van der Waals surface area contributed by atoms with Crippen molar-refractivity contribution in [2.75, 3.05) is 6.54 Å². The lowest BCUT2D eigenvalue weighted by Gasteiger charge is -2.34. The number of hydrogen-bond donors (Lipinski definition) is 2. The molecule has 7 nitrogen and oxygen atoms in total. The van der Waals surface area contributed by atoms with Gasteiger partial charge in [-0.25, -0.2) is 4.79 Å². The van der Waals surface area contributed by atoms with Crippen molar-refractivity contribution in [1.82, 2.24) is 15.5 Å². The first-order valence-corrected chi connectivity index (χ1v) is 10.3. The van der Waals surface area contributed by atoms with Gasteiger partial charge in [0.2, 0.25) is 5.91 Å². The summed E-state index contributed by atoms with van der Waals surface area (Å²) in [6, 6.07) is 8.15. The SMILES string of the molecule is CC(=O)[C@@H](Cc1ccccc1)NC(=O)CN1C(=O)N[C@](C)(C2CCCCC2)C1=O. The highest BCUT2D eigenvalue weighted by Crippen LogP contribution is 2.36. The number of carbonyl (C=O) groups excluding carboxylic acids is 4. The van der Waals surface area contributed by atoms with Gasteiger partial charge in [-0.1, -0.05) is 49.6 Å². The third-order valence-electron chi connectivity index (χ3n) is 6.13. The lowest BCUT2D eigenvalue weighted by atomic mass is 9.75. The average molecular weight is 399 g/mol. The second-order valence-corrected chi connectivity index (χ2v) is 8.28. The zero-order chi connectivity index (χ0) is 21.0. The van der Waals surface area contributed by atoms with Crippen LogP contribution in [0.15, 0.2) is 30.3 Å². The minimum atomic E-state index is -0.957. The van der Waals surface area contributed by atoms with Crippen molar-refractivity contribution in [3.8, 4) is 0 Å². The monoisotopic (exact) mass is 399 g/mol. The van der Waals surface area contributed by atoms with Crippen LogP contribution in [-0.2, 0) is 20.8 Å². The van der Waals surface area contributed by atoms with Crippen LogP contribution >= 0.6 is 0 Å². The number of imide groups is 1. The average Bonchev–Trinajstić information content (AvgIpc) is 2.93. The molecule has 1 aromatic rings. The van der Waals surface area contributed by atoms with Gasteiger partial charge in [0.15, 0.2) is 5.78 Å². The van der Waals surface area contributed by atoms with E-state index < -0.39 is 23.5 Å². The fourth-order valence-electron chi connectivity index (χ4n) is 4.35. The van der Waals surface area contributed by atoms with Crippen molar-refractivity contribution in [3.63, 3.8) is 0 Å². The Bertz CT molecular complexity index is 789. The summed E-state index contributed by atoms with van der Waals surface area (Å²) < 4.78 is 0. The number of urea groups is 1. The predicted molar refractivity (Wildman–Crippen MR) is 108 cm³/mol. The van der Waals surface area contributed by atoms with Gasteiger partial charge in [-0.3, -0.25) is 19.3 Å². The predicted octanol–water partition coefficient (Wildman–Crippen LogP) is 2.19. The summed E-state index contributed by atoms with van der Waals surface area (Å²) in [5.74, 6) is -0.959. The summed E-state index contributed by atoms with van der Waals surface area (Å²) in [7, 11) is 0. The second-order valence-electron chi connectivity index (χ2n) is 8.28. The summed E-state index contributed by atoms with van der Waals surface area (Å²) in [6.45, 7) is 2.79. The van der Waals surface area contributed by atoms with Gasteiger partial charge in [-0.05, 0) is 44.6 Å². The van der Waals surface area contributed by atoms with E-state index in [1.807, 2.05) is 30.3 Å². The molecule has 1 aliphatic carbocycles. The largest absolute Gasteiger partial charge is 0.344 e. The molecule has 156 valence electrons. The van der Waals surface area contributed by atoms with E-state index in [9.17, 15) is 19.2 Å². The summed E-state index contributed by atoms with van der Waals surface area (Å²) in [6.07, 6.45) is 5.39. The molecule has 4 amide bonds. The van der Waals surface area contributed by atoms with Crippen LogP contribution in [0.2, 0.25) is 0 Å². The van der Waals surface area contributed by atoms with Gasteiger partial charge < -0.3 is 10.6 Å². The van der Waals surface area contributed by atoms with Crippen molar-refractivity contribution in [2.24, 2.45) is 5.92 Å². The van der Waals surface area contributed by atoms with Crippen molar-refractivity contribution in [3.05, 3.63) is 35.9 Å². The number of amides is 4. The van der Waals surface area contributed by atoms with E-state index in [0.29, 0.717) is 6.42 Å². The summed E-state index contributed by atoms with van der Waals surface area (Å²) in [5.41, 5.74) is -0.0326. The van der Waals surface area contributed by atoms with Crippen LogP contribution in [0.5, 0.6) is 0 Å². The number of carbonyl (C=O) groups is 4. The van der Waals surface area contributed by atoms with E-state index in [4.69, 9.17) is 0 Å². The summed E-state index contributed by atoms with van der Waals surface area (Å²) in [4.78, 5) is 50.9. The van der Waals surface area contributed by atoms with Crippen LogP contribution < -0.4 is 10.6 Å². The van der Waals surface area contributed by atoms with Gasteiger partial charge in [0.1, 0.15) is 12.1 Å². The smallest absolute Gasteiger partial charge is 0.325 e. The number of nitrogens with zero attached hydrogens (tertiary/aromatic N) is 1. The number of hydrogen-bond acceptors (Lipinski definition) is 4. The molecule has 2 N–H and O–H groups in total. The molecular formula is C22H29N3O4. The number of Topliss-reactive ketones (excluding diaryl/α,β-unsaturated/α-hetero) is 1. The Morgan fingerprint density at radius 1 is 1.17 bits per heavy atom. The fourth-order valence-corrected chi connectivity index (χ4v) is 4.35. The Morgan fingerprint density at radius 2 is 1.83 bits per heavy atom. The van der Waals surface area contributed by atoms with Crippen molar-refractivity contribution < 1.29 is 19.2 Å². The number of ketones is 1. The number of rotatable bonds is 7. The molecule has 0 radical (unpaired) electrons. The molecule has 29 heavy (non-hydrogen) atoms. The Balaban J connectivity index is 1.63. The lowest BCUT2D eigenvalue weighted by molar-refractivity contribution is -0.136. The fraction of sp³-hybridized carbons (Fsp3) is 0.545. The highest BCUT2D eigenvalue weighted by Gasteiger charge is 2.52. The molecule has 1 saturated heterocycles. The molecule has 1 saturated carbocycles. The van der Waals surface area contributed by atoms with Crippen molar-refractivity contribution in [1.29, 1.82) is 0 Å². The van der Waals surface area contributed by atoms with E-state index in [1.165, 1.54) is 6.92 Å². The van der Waals surface area contributed by atoms with Gasteiger partial charge in [-0.15, -0.1) is 0 Å². The van der Waals surface area contributed by atoms with Gasteiger partial charge in [0, 0.05) is 0 Å². The molecule has 2 atom stereocenters. The van der Waals surface area contributed by atoms with Gasteiger partial charge in [0.05, 0.1) is 6.04 Å². The van der Waals surface area contributed by atoms with Gasteiger partial charge >= 0.3 is 6.03 Å². The Morgan fingerprint density at radius 3 is 2.45 bits per heavy atom. The zero-order valence-corrected chi connectivity index (χ0v) is 17.1. The minimum Gasteiger partial charge on any atom is -0.344 e. The lowest BCUT2D eigenvalue weighted by Crippen LogP contribution is -2.52. The third kappa shape index (κ3) is 4.66. The molecule has 0 spiro atoms. The van der Waals surface area contributed by atoms with E-state index in [0.717, 1.165) is 42.6 Å². The van der Waals surface area contributed by atoms with Crippen LogP contribution in [0, 0.1) is 5.92 Å². The molecule has 0 unspecified atom stereocenters. The highest BCUT2D eigenvalue weighted by molar-refractivity contribution is 6.09. The van der Waals surface area contributed by atoms with E-state index in [-0.39, 0.29) is 24.2 Å². The molecule has 3 rings (SSSR count). The normalized spacial score (nSPS) is 23.6. The summed E-state index contributed by atoms with van der Waals surface area (Å²) >= 11 is 0. The standard InChI is InChI=1S/C22H29N3O4/c1-15(26)18(13-16-9-5-3-6-10-16)23-19(27)14-25-20(28)22(2,24-21(25)29)17-11-7-4-8-12-17/h3,5-6,9-10,17-18H,4,7-8,11-14H2,1-2H3,(H,23,27)(H,24,29)/t18-,22-/m1/s1. The van der Waals surface area contributed by atoms with Crippen LogP contribution in [0.4, 0.5) is 4.79 Å². The van der Waals surface area contributed by atoms with Crippen molar-refractivity contribution >= 4 is 23.6 Å². The van der Waals surface area contributed by atoms with Gasteiger partial charge in [0.25, 0.3) is 5.91 Å². The van der Waals surface area contributed by atoms with Crippen LogP contribution in [0.1, 0.15) is 51.5 Å². The summed E-state index contributed by atoms with van der Waals surface area (Å²) in [5, 5.41) is 5.49. The van der Waals surface area contributed by atoms with Crippen LogP contribution in [0.3, 0.4) is 0 Å². The van der Waals surface area contributed by atoms with Crippen LogP contribution in [0.25, 0.3) is 0 Å². The number of benzene rings is 1. The second kappa shape index (κ2) is 8.76. The van der Waals surface area contributed by atoms with E-state index in [2.05, 4.69) is 10.6 Å². The molecular weight excluding hydrogens is 370 g/mol. The molecule has 0 bridgehead atoms. The quantitative estimate of drug-likeness (QED) is 0.687. The molecule has 1 heterocycles. The Hall–Kier alpha value is -2.70. The third-order valence-corrected chi connectivity index (χ3v) is 6.13. The van der Waals surface area contributed by atoms with E-state index >= 15 is 0 Å². The first-order chi connectivity index (χ1) is 13.8. The Labute approximate surface area is 171 Å². The molecule has 7 heteroatoms. The van der Waals surface area contributed by atoms with Gasteiger partial charge in [-0.2, -0.15) is 0 Å². The molecule has 0 aromatic heterocycles. The van der Waals surface area contributed by atoms with E-state index in [1.54, 1.807) is 6.92 Å². The Kier molecular flexibility index (Phi) is 6.35. The van der Waals surface area contributed by atoms with Crippen LogP contribution in [-0.4, -0.2) is 46.7 Å². The first-order valence-electron chi connectivity index (χ1n) is 10.3. The highest BCUT2D eigenvalue weighted by atomic mass is 16.2. The first kappa shape index (κ1) is 21.0. The minimum absolute atomic E-state index is 0.0869. The molecule has 1 aliphatic heterocycles. The molecule has 2 fully saturated rings. The zero-order valence-electron chi connectivity index (χ0n) is 17.1. The maximum atomic E-state index is 13.0.